The smallest absolute Gasteiger partial charge is 0.115 e. The van der Waals surface area contributed by atoms with Gasteiger partial charge in [0, 0.05) is 21.7 Å². The first kappa shape index (κ1) is 12.6. The quantitative estimate of drug-likeness (QED) is 0.710. The summed E-state index contributed by atoms with van der Waals surface area (Å²) in [4.78, 5) is 4.34. The van der Waals surface area contributed by atoms with E-state index in [0.717, 1.165) is 15.2 Å². The molecule has 2 nitrogen and oxygen atoms in total. The number of benzene rings is 2. The van der Waals surface area contributed by atoms with E-state index in [4.69, 9.17) is 0 Å². The summed E-state index contributed by atoms with van der Waals surface area (Å²) in [5.41, 5.74) is 1.12. The van der Waals surface area contributed by atoms with Crippen LogP contribution in [0.5, 0.6) is 0 Å². The summed E-state index contributed by atoms with van der Waals surface area (Å²) in [6.07, 6.45) is 1.84. The Bertz CT molecular complexity index is 694. The zero-order chi connectivity index (χ0) is 13.2. The Hall–Kier alpha value is -1.39. The molecule has 0 radical (unpaired) electrons. The van der Waals surface area contributed by atoms with E-state index in [0.29, 0.717) is 0 Å². The highest BCUT2D eigenvalue weighted by atomic mass is 79.9. The molecule has 1 heterocycles. The molecule has 3 aromatic rings. The van der Waals surface area contributed by atoms with Gasteiger partial charge in [-0.1, -0.05) is 28.1 Å². The fourth-order valence-electron chi connectivity index (χ4n) is 2.07. The molecule has 1 unspecified atom stereocenters. The van der Waals surface area contributed by atoms with Crippen LogP contribution in [0.3, 0.4) is 0 Å². The molecule has 1 atom stereocenters. The molecule has 3 rings (SSSR count). The van der Waals surface area contributed by atoms with Gasteiger partial charge < -0.3 is 5.32 Å². The van der Waals surface area contributed by atoms with E-state index < -0.39 is 0 Å². The van der Waals surface area contributed by atoms with Crippen molar-refractivity contribution in [2.24, 2.45) is 0 Å². The van der Waals surface area contributed by atoms with Gasteiger partial charge in [-0.05, 0) is 42.0 Å². The molecule has 2 aromatic carbocycles. The molecule has 1 N–H and O–H groups in total. The number of anilines is 1. The summed E-state index contributed by atoms with van der Waals surface area (Å²) in [5.74, 6) is 0. The van der Waals surface area contributed by atoms with Gasteiger partial charge in [0.25, 0.3) is 0 Å². The second kappa shape index (κ2) is 5.31. The number of hydrogen-bond acceptors (Lipinski definition) is 3. The van der Waals surface area contributed by atoms with E-state index in [-0.39, 0.29) is 6.04 Å². The first-order valence-corrected chi connectivity index (χ1v) is 7.75. The maximum atomic E-state index is 4.34. The lowest BCUT2D eigenvalue weighted by molar-refractivity contribution is 0.870. The molecular weight excluding hydrogens is 320 g/mol. The standard InChI is InChI=1S/C15H13BrN2S/c1-10(15-17-6-7-19-15)18-14-5-3-11-8-13(16)4-2-12(11)9-14/h2-10,18H,1H3. The Kier molecular flexibility index (Phi) is 3.53. The van der Waals surface area contributed by atoms with Crippen molar-refractivity contribution in [3.8, 4) is 0 Å². The molecule has 1 aromatic heterocycles. The molecule has 0 aliphatic rings. The van der Waals surface area contributed by atoms with Gasteiger partial charge in [0.15, 0.2) is 0 Å². The third-order valence-electron chi connectivity index (χ3n) is 3.01. The van der Waals surface area contributed by atoms with Crippen molar-refractivity contribution in [3.05, 3.63) is 57.5 Å². The zero-order valence-electron chi connectivity index (χ0n) is 10.4. The predicted octanol–water partition coefficient (Wildman–Crippen LogP) is 5.23. The SMILES string of the molecule is CC(Nc1ccc2cc(Br)ccc2c1)c1nccs1. The fourth-order valence-corrected chi connectivity index (χ4v) is 3.09. The van der Waals surface area contributed by atoms with Gasteiger partial charge in [-0.15, -0.1) is 11.3 Å². The summed E-state index contributed by atoms with van der Waals surface area (Å²) in [7, 11) is 0. The maximum Gasteiger partial charge on any atom is 0.115 e. The lowest BCUT2D eigenvalue weighted by Crippen LogP contribution is -2.05. The largest absolute Gasteiger partial charge is 0.376 e. The number of nitrogens with zero attached hydrogens (tertiary/aromatic N) is 1. The molecule has 0 amide bonds. The normalized spacial score (nSPS) is 12.5. The van der Waals surface area contributed by atoms with Gasteiger partial charge in [0.1, 0.15) is 5.01 Å². The Morgan fingerprint density at radius 3 is 2.74 bits per heavy atom. The number of hydrogen-bond donors (Lipinski definition) is 1. The van der Waals surface area contributed by atoms with E-state index in [1.807, 2.05) is 11.6 Å². The van der Waals surface area contributed by atoms with Gasteiger partial charge in [0.05, 0.1) is 6.04 Å². The molecule has 0 bridgehead atoms. The molecule has 4 heteroatoms. The summed E-state index contributed by atoms with van der Waals surface area (Å²) < 4.78 is 1.11. The average molecular weight is 333 g/mol. The number of aromatic nitrogens is 1. The third kappa shape index (κ3) is 2.80. The lowest BCUT2D eigenvalue weighted by Gasteiger charge is -2.13. The van der Waals surface area contributed by atoms with Crippen LogP contribution in [-0.2, 0) is 0 Å². The Morgan fingerprint density at radius 1 is 1.16 bits per heavy atom. The number of rotatable bonds is 3. The minimum Gasteiger partial charge on any atom is -0.376 e. The Labute approximate surface area is 124 Å². The van der Waals surface area contributed by atoms with Crippen LogP contribution in [-0.4, -0.2) is 4.98 Å². The summed E-state index contributed by atoms with van der Waals surface area (Å²) in [5, 5.41) is 9.07. The van der Waals surface area contributed by atoms with Crippen LogP contribution in [0.1, 0.15) is 18.0 Å². The molecule has 0 fully saturated rings. The van der Waals surface area contributed by atoms with Gasteiger partial charge >= 0.3 is 0 Å². The van der Waals surface area contributed by atoms with Gasteiger partial charge in [-0.25, -0.2) is 4.98 Å². The van der Waals surface area contributed by atoms with E-state index in [2.05, 4.69) is 69.6 Å². The van der Waals surface area contributed by atoms with Crippen molar-refractivity contribution in [1.29, 1.82) is 0 Å². The second-order valence-electron chi connectivity index (χ2n) is 4.44. The van der Waals surface area contributed by atoms with Crippen LogP contribution in [0.25, 0.3) is 10.8 Å². The second-order valence-corrected chi connectivity index (χ2v) is 6.28. The van der Waals surface area contributed by atoms with Gasteiger partial charge in [-0.3, -0.25) is 0 Å². The first-order valence-electron chi connectivity index (χ1n) is 6.07. The molecule has 0 saturated carbocycles. The van der Waals surface area contributed by atoms with Gasteiger partial charge in [0.2, 0.25) is 0 Å². The molecule has 19 heavy (non-hydrogen) atoms. The van der Waals surface area contributed by atoms with Crippen molar-refractivity contribution in [2.75, 3.05) is 5.32 Å². The minimum atomic E-state index is 0.230. The highest BCUT2D eigenvalue weighted by Gasteiger charge is 2.07. The topological polar surface area (TPSA) is 24.9 Å². The number of halogens is 1. The Balaban J connectivity index is 1.87. The van der Waals surface area contributed by atoms with Crippen molar-refractivity contribution < 1.29 is 0 Å². The monoisotopic (exact) mass is 332 g/mol. The van der Waals surface area contributed by atoms with Crippen LogP contribution in [0.4, 0.5) is 5.69 Å². The molecule has 96 valence electrons. The molecule has 0 saturated heterocycles. The molecule has 0 aliphatic heterocycles. The maximum absolute atomic E-state index is 4.34. The van der Waals surface area contributed by atoms with Crippen LogP contribution in [0.2, 0.25) is 0 Å². The van der Waals surface area contributed by atoms with Crippen LogP contribution in [0, 0.1) is 0 Å². The molecule has 0 aliphatic carbocycles. The number of fused-ring (bicyclic) bond motifs is 1. The summed E-state index contributed by atoms with van der Waals surface area (Å²) in [6, 6.07) is 13.0. The van der Waals surface area contributed by atoms with E-state index in [1.165, 1.54) is 10.8 Å². The predicted molar refractivity (Wildman–Crippen MR) is 85.8 cm³/mol. The van der Waals surface area contributed by atoms with Crippen molar-refractivity contribution in [1.82, 2.24) is 4.98 Å². The average Bonchev–Trinajstić information content (AvgIpc) is 2.93. The van der Waals surface area contributed by atoms with Crippen molar-refractivity contribution >= 4 is 43.7 Å². The van der Waals surface area contributed by atoms with Crippen LogP contribution < -0.4 is 5.32 Å². The Morgan fingerprint density at radius 2 is 1.95 bits per heavy atom. The van der Waals surface area contributed by atoms with E-state index >= 15 is 0 Å². The lowest BCUT2D eigenvalue weighted by atomic mass is 10.1. The minimum absolute atomic E-state index is 0.230. The van der Waals surface area contributed by atoms with Crippen molar-refractivity contribution in [3.63, 3.8) is 0 Å². The van der Waals surface area contributed by atoms with Crippen LogP contribution >= 0.6 is 27.3 Å². The first-order chi connectivity index (χ1) is 9.22. The summed E-state index contributed by atoms with van der Waals surface area (Å²) >= 11 is 5.17. The molecular formula is C15H13BrN2S. The summed E-state index contributed by atoms with van der Waals surface area (Å²) in [6.45, 7) is 2.13. The number of nitrogens with one attached hydrogen (secondary N) is 1. The van der Waals surface area contributed by atoms with Gasteiger partial charge in [-0.2, -0.15) is 0 Å². The highest BCUT2D eigenvalue weighted by molar-refractivity contribution is 9.10. The van der Waals surface area contributed by atoms with E-state index in [1.54, 1.807) is 11.3 Å². The third-order valence-corrected chi connectivity index (χ3v) is 4.46. The van der Waals surface area contributed by atoms with E-state index in [9.17, 15) is 0 Å². The highest BCUT2D eigenvalue weighted by Crippen LogP contribution is 2.26. The molecule has 0 spiro atoms. The number of thiazole rings is 1. The zero-order valence-corrected chi connectivity index (χ0v) is 12.8. The fraction of sp³-hybridized carbons (Fsp3) is 0.133. The van der Waals surface area contributed by atoms with Crippen LogP contribution in [0.15, 0.2) is 52.4 Å². The van der Waals surface area contributed by atoms with Crippen molar-refractivity contribution in [2.45, 2.75) is 13.0 Å².